The number of hydrogen-bond donors (Lipinski definition) is 1. The van der Waals surface area contributed by atoms with Crippen LogP contribution in [-0.4, -0.2) is 47.5 Å². The summed E-state index contributed by atoms with van der Waals surface area (Å²) in [5, 5.41) is 11.8. The van der Waals surface area contributed by atoms with E-state index in [1.54, 1.807) is 54.7 Å². The van der Waals surface area contributed by atoms with Crippen molar-refractivity contribution in [3.8, 4) is 0 Å². The number of rotatable bonds is 22. The molecule has 8 heteroatoms. The second-order valence-electron chi connectivity index (χ2n) is 10.7. The minimum atomic E-state index is -2.05. The second kappa shape index (κ2) is 20.4. The molecule has 0 saturated heterocycles. The predicted octanol–water partition coefficient (Wildman–Crippen LogP) is 8.54. The van der Waals surface area contributed by atoms with Gasteiger partial charge in [0.05, 0.1) is 6.61 Å². The maximum Gasteiger partial charge on any atom is 0.333 e. The van der Waals surface area contributed by atoms with Crippen LogP contribution in [0.3, 0.4) is 0 Å². The molecule has 2 aromatic rings. The molecule has 1 unspecified atom stereocenters. The fraction of sp³-hybridized carbons (Fsp3) is 0.514. The van der Waals surface area contributed by atoms with Crippen molar-refractivity contribution >= 4 is 41.2 Å². The Labute approximate surface area is 266 Å². The Morgan fingerprint density at radius 1 is 0.767 bits per heavy atom. The van der Waals surface area contributed by atoms with E-state index in [1.807, 2.05) is 24.3 Å². The molecular weight excluding hydrogens is 581 g/mol. The third-order valence-corrected chi connectivity index (χ3v) is 9.10. The van der Waals surface area contributed by atoms with Crippen molar-refractivity contribution in [1.29, 1.82) is 0 Å². The van der Waals surface area contributed by atoms with Gasteiger partial charge in [0.15, 0.2) is 5.60 Å². The summed E-state index contributed by atoms with van der Waals surface area (Å²) in [6.07, 6.45) is 9.78. The molecule has 6 nitrogen and oxygen atoms in total. The molecule has 1 atom stereocenters. The van der Waals surface area contributed by atoms with Crippen molar-refractivity contribution in [3.05, 3.63) is 71.8 Å². The summed E-state index contributed by atoms with van der Waals surface area (Å²) in [6, 6.07) is 14.5. The quantitative estimate of drug-likeness (QED) is 0.0456. The van der Waals surface area contributed by atoms with Crippen LogP contribution < -0.4 is 0 Å². The number of carbonyl (C=O) groups is 3. The lowest BCUT2D eigenvalue weighted by Crippen LogP contribution is -2.41. The molecule has 0 heterocycles. The highest BCUT2D eigenvalue weighted by molar-refractivity contribution is 7.99. The number of esters is 2. The van der Waals surface area contributed by atoms with Gasteiger partial charge in [0, 0.05) is 27.3 Å². The van der Waals surface area contributed by atoms with E-state index in [0.717, 1.165) is 34.1 Å². The summed E-state index contributed by atoms with van der Waals surface area (Å²) in [4.78, 5) is 39.9. The minimum Gasteiger partial charge on any atom is -0.462 e. The van der Waals surface area contributed by atoms with E-state index in [2.05, 4.69) is 20.4 Å². The molecule has 0 spiro atoms. The zero-order valence-corrected chi connectivity index (χ0v) is 27.7. The monoisotopic (exact) mass is 628 g/mol. The van der Waals surface area contributed by atoms with Crippen LogP contribution in [0.15, 0.2) is 70.5 Å². The van der Waals surface area contributed by atoms with E-state index in [9.17, 15) is 19.5 Å². The maximum absolute atomic E-state index is 13.8. The number of benzene rings is 2. The van der Waals surface area contributed by atoms with E-state index in [-0.39, 0.29) is 25.0 Å². The molecular formula is C35H48O6S2. The standard InChI is InChI=1S/C35H48O6S2/c1-5-7-9-11-24-42-30-19-15-28(16-20-30)33(37)35(39,26-41-32(36)14-13-23-40-34(38)27(3)4)29-17-21-31(22-18-29)43-25-12-10-8-6-2/h15-22,39H,3,5-14,23-26H2,1-2,4H3. The van der Waals surface area contributed by atoms with Crippen LogP contribution in [0.25, 0.3) is 0 Å². The van der Waals surface area contributed by atoms with Gasteiger partial charge in [0.2, 0.25) is 5.78 Å². The Bertz CT molecular complexity index is 1150. The average Bonchev–Trinajstić information content (AvgIpc) is 3.01. The molecule has 0 aliphatic rings. The summed E-state index contributed by atoms with van der Waals surface area (Å²) in [5.41, 5.74) is -1.06. The van der Waals surface area contributed by atoms with Gasteiger partial charge in [-0.15, -0.1) is 23.5 Å². The normalized spacial score (nSPS) is 12.4. The molecule has 0 saturated carbocycles. The Balaban J connectivity index is 2.11. The molecule has 0 aliphatic heterocycles. The number of ketones is 1. The van der Waals surface area contributed by atoms with Gasteiger partial charge >= 0.3 is 11.9 Å². The van der Waals surface area contributed by atoms with Gasteiger partial charge < -0.3 is 14.6 Å². The minimum absolute atomic E-state index is 0.0223. The Kier molecular flexibility index (Phi) is 17.4. The van der Waals surface area contributed by atoms with Gasteiger partial charge in [-0.2, -0.15) is 0 Å². The second-order valence-corrected chi connectivity index (χ2v) is 13.1. The van der Waals surface area contributed by atoms with Crippen molar-refractivity contribution in [2.24, 2.45) is 0 Å². The number of ether oxygens (including phenoxy) is 2. The van der Waals surface area contributed by atoms with Crippen LogP contribution in [0.5, 0.6) is 0 Å². The molecule has 0 aromatic heterocycles. The van der Waals surface area contributed by atoms with Crippen LogP contribution in [0.2, 0.25) is 0 Å². The number of thioether (sulfide) groups is 2. The number of Topliss-reactive ketones (excluding diaryl/α,β-unsaturated/α-hetero) is 1. The van der Waals surface area contributed by atoms with E-state index in [0.29, 0.717) is 11.1 Å². The fourth-order valence-electron chi connectivity index (χ4n) is 4.25. The van der Waals surface area contributed by atoms with Gasteiger partial charge in [-0.25, -0.2) is 4.79 Å². The van der Waals surface area contributed by atoms with Crippen molar-refractivity contribution < 1.29 is 29.0 Å². The molecule has 0 bridgehead atoms. The molecule has 2 aromatic carbocycles. The van der Waals surface area contributed by atoms with E-state index >= 15 is 0 Å². The van der Waals surface area contributed by atoms with Crippen molar-refractivity contribution in [2.45, 2.75) is 100 Å². The van der Waals surface area contributed by atoms with Crippen LogP contribution in [-0.2, 0) is 24.7 Å². The van der Waals surface area contributed by atoms with Crippen molar-refractivity contribution in [3.63, 3.8) is 0 Å². The Morgan fingerprint density at radius 3 is 1.81 bits per heavy atom. The topological polar surface area (TPSA) is 89.9 Å². The third-order valence-electron chi connectivity index (χ3n) is 6.91. The smallest absolute Gasteiger partial charge is 0.333 e. The van der Waals surface area contributed by atoms with Gasteiger partial charge in [0.25, 0.3) is 0 Å². The largest absolute Gasteiger partial charge is 0.462 e. The summed E-state index contributed by atoms with van der Waals surface area (Å²) < 4.78 is 10.4. The first-order valence-electron chi connectivity index (χ1n) is 15.4. The van der Waals surface area contributed by atoms with E-state index in [4.69, 9.17) is 9.47 Å². The van der Waals surface area contributed by atoms with Gasteiger partial charge in [-0.05, 0) is 67.5 Å². The zero-order valence-electron chi connectivity index (χ0n) is 26.0. The number of hydrogen-bond acceptors (Lipinski definition) is 8. The van der Waals surface area contributed by atoms with E-state index in [1.165, 1.54) is 38.5 Å². The first kappa shape index (κ1) is 36.6. The molecule has 2 rings (SSSR count). The average molecular weight is 629 g/mol. The number of carbonyl (C=O) groups excluding carboxylic acids is 3. The summed E-state index contributed by atoms with van der Waals surface area (Å²) in [7, 11) is 0. The maximum atomic E-state index is 13.8. The molecule has 236 valence electrons. The van der Waals surface area contributed by atoms with Crippen LogP contribution in [0, 0.1) is 0 Å². The summed E-state index contributed by atoms with van der Waals surface area (Å²) in [5.74, 6) is 0.381. The third kappa shape index (κ3) is 13.3. The van der Waals surface area contributed by atoms with E-state index < -0.39 is 29.9 Å². The summed E-state index contributed by atoms with van der Waals surface area (Å²) in [6.45, 7) is 8.98. The van der Waals surface area contributed by atoms with Crippen LogP contribution >= 0.6 is 23.5 Å². The Hall–Kier alpha value is -2.55. The molecule has 0 radical (unpaired) electrons. The lowest BCUT2D eigenvalue weighted by molar-refractivity contribution is -0.150. The number of aliphatic hydroxyl groups is 1. The SMILES string of the molecule is C=C(C)C(=O)OCCCC(=O)OCC(O)(C(=O)c1ccc(SCCCCCC)cc1)c1ccc(SCCCCCC)cc1. The lowest BCUT2D eigenvalue weighted by atomic mass is 9.86. The van der Waals surface area contributed by atoms with Crippen molar-refractivity contribution in [2.75, 3.05) is 24.7 Å². The highest BCUT2D eigenvalue weighted by Crippen LogP contribution is 2.30. The van der Waals surface area contributed by atoms with Crippen LogP contribution in [0.4, 0.5) is 0 Å². The predicted molar refractivity (Wildman–Crippen MR) is 177 cm³/mol. The van der Waals surface area contributed by atoms with Crippen LogP contribution in [0.1, 0.15) is 101 Å². The lowest BCUT2D eigenvalue weighted by Gasteiger charge is -2.27. The first-order valence-corrected chi connectivity index (χ1v) is 17.4. The van der Waals surface area contributed by atoms with Crippen molar-refractivity contribution in [1.82, 2.24) is 0 Å². The molecule has 0 aliphatic carbocycles. The summed E-state index contributed by atoms with van der Waals surface area (Å²) >= 11 is 3.50. The van der Waals surface area contributed by atoms with Gasteiger partial charge in [-0.1, -0.05) is 83.2 Å². The molecule has 1 N–H and O–H groups in total. The first-order chi connectivity index (χ1) is 20.7. The highest BCUT2D eigenvalue weighted by Gasteiger charge is 2.40. The van der Waals surface area contributed by atoms with Gasteiger partial charge in [0.1, 0.15) is 6.61 Å². The number of unbranched alkanes of at least 4 members (excludes halogenated alkanes) is 6. The highest BCUT2D eigenvalue weighted by atomic mass is 32.2. The van der Waals surface area contributed by atoms with Gasteiger partial charge in [-0.3, -0.25) is 9.59 Å². The zero-order chi connectivity index (χ0) is 31.5. The fourth-order valence-corrected chi connectivity index (χ4v) is 6.07. The molecule has 43 heavy (non-hydrogen) atoms. The molecule has 0 amide bonds. The molecule has 0 fully saturated rings. The Morgan fingerprint density at radius 2 is 1.30 bits per heavy atom.